The molecule has 3 nitrogen and oxygen atoms in total. The van der Waals surface area contributed by atoms with Gasteiger partial charge in [0.2, 0.25) is 0 Å². The van der Waals surface area contributed by atoms with Gasteiger partial charge in [0.05, 0.1) is 6.07 Å². The summed E-state index contributed by atoms with van der Waals surface area (Å²) in [4.78, 5) is 3.97. The van der Waals surface area contributed by atoms with E-state index in [1.165, 1.54) is 6.07 Å². The summed E-state index contributed by atoms with van der Waals surface area (Å²) in [5, 5.41) is 8.57. The minimum absolute atomic E-state index is 0.0464. The third-order valence-electron chi connectivity index (χ3n) is 3.31. The quantitative estimate of drug-likeness (QED) is 0.764. The molecule has 0 N–H and O–H groups in total. The number of alkyl halides is 3. The summed E-state index contributed by atoms with van der Waals surface area (Å²) in [6, 6.07) is 1.35. The van der Waals surface area contributed by atoms with Crippen molar-refractivity contribution >= 4 is 0 Å². The molecule has 0 saturated carbocycles. The molecule has 0 spiro atoms. The Bertz CT molecular complexity index is 306. The highest BCUT2D eigenvalue weighted by molar-refractivity contribution is 4.92. The van der Waals surface area contributed by atoms with E-state index in [-0.39, 0.29) is 12.1 Å². The topological polar surface area (TPSA) is 30.3 Å². The van der Waals surface area contributed by atoms with Gasteiger partial charge < -0.3 is 0 Å². The maximum atomic E-state index is 12.5. The lowest BCUT2D eigenvalue weighted by atomic mass is 10.0. The molecule has 1 saturated heterocycles. The van der Waals surface area contributed by atoms with Gasteiger partial charge in [-0.2, -0.15) is 18.4 Å². The van der Waals surface area contributed by atoms with Gasteiger partial charge in [-0.05, 0) is 20.8 Å². The fourth-order valence-corrected chi connectivity index (χ4v) is 2.08. The van der Waals surface area contributed by atoms with Gasteiger partial charge in [0.15, 0.2) is 5.92 Å². The van der Waals surface area contributed by atoms with E-state index in [1.807, 2.05) is 0 Å². The molecule has 0 aromatic heterocycles. The smallest absolute Gasteiger partial charge is 0.299 e. The minimum atomic E-state index is -4.42. The molecule has 0 bridgehead atoms. The van der Waals surface area contributed by atoms with Crippen molar-refractivity contribution in [3.05, 3.63) is 0 Å². The van der Waals surface area contributed by atoms with Crippen molar-refractivity contribution in [3.63, 3.8) is 0 Å². The first kappa shape index (κ1) is 15.3. The molecule has 1 heterocycles. The van der Waals surface area contributed by atoms with Crippen molar-refractivity contribution in [2.45, 2.75) is 32.5 Å². The molecule has 1 fully saturated rings. The molecule has 6 heteroatoms. The van der Waals surface area contributed by atoms with E-state index in [1.54, 1.807) is 4.90 Å². The van der Waals surface area contributed by atoms with Crippen LogP contribution in [0.5, 0.6) is 0 Å². The molecular formula is C12H20F3N3. The first-order chi connectivity index (χ1) is 8.14. The van der Waals surface area contributed by atoms with Gasteiger partial charge in [0.1, 0.15) is 0 Å². The first-order valence-corrected chi connectivity index (χ1v) is 6.08. The lowest BCUT2D eigenvalue weighted by Gasteiger charge is -2.42. The van der Waals surface area contributed by atoms with Gasteiger partial charge in [-0.3, -0.25) is 9.80 Å². The zero-order valence-corrected chi connectivity index (χ0v) is 11.1. The van der Waals surface area contributed by atoms with Gasteiger partial charge in [0, 0.05) is 38.3 Å². The zero-order chi connectivity index (χ0) is 14.0. The van der Waals surface area contributed by atoms with Crippen molar-refractivity contribution in [3.8, 4) is 6.07 Å². The van der Waals surface area contributed by atoms with E-state index < -0.39 is 12.1 Å². The van der Waals surface area contributed by atoms with Crippen LogP contribution in [0.2, 0.25) is 0 Å². The summed E-state index contributed by atoms with van der Waals surface area (Å²) in [7, 11) is 0. The number of hydrogen-bond acceptors (Lipinski definition) is 3. The normalized spacial score (nSPS) is 21.6. The summed E-state index contributed by atoms with van der Waals surface area (Å²) in [5.41, 5.74) is 0.0464. The summed E-state index contributed by atoms with van der Waals surface area (Å²) in [6.07, 6.45) is -4.42. The highest BCUT2D eigenvalue weighted by Crippen LogP contribution is 2.27. The summed E-state index contributed by atoms with van der Waals surface area (Å²) in [6.45, 7) is 8.75. The molecule has 1 aliphatic heterocycles. The van der Waals surface area contributed by atoms with E-state index in [9.17, 15) is 13.2 Å². The van der Waals surface area contributed by atoms with Crippen LogP contribution >= 0.6 is 0 Å². The molecule has 1 rings (SSSR count). The lowest BCUT2D eigenvalue weighted by Crippen LogP contribution is -2.54. The average molecular weight is 263 g/mol. The SMILES string of the molecule is CC(C)(C)N1CCN(CC(C#N)C(F)(F)F)CC1. The molecule has 1 atom stereocenters. The highest BCUT2D eigenvalue weighted by Gasteiger charge is 2.41. The van der Waals surface area contributed by atoms with E-state index in [4.69, 9.17) is 5.26 Å². The fraction of sp³-hybridized carbons (Fsp3) is 0.917. The molecule has 18 heavy (non-hydrogen) atoms. The van der Waals surface area contributed by atoms with Crippen LogP contribution < -0.4 is 0 Å². The largest absolute Gasteiger partial charge is 0.405 e. The molecule has 104 valence electrons. The Hall–Kier alpha value is -0.800. The van der Waals surface area contributed by atoms with Crippen molar-refractivity contribution in [2.24, 2.45) is 5.92 Å². The van der Waals surface area contributed by atoms with Gasteiger partial charge >= 0.3 is 6.18 Å². The molecule has 0 amide bonds. The van der Waals surface area contributed by atoms with Crippen LogP contribution in [0, 0.1) is 17.2 Å². The Morgan fingerprint density at radius 2 is 1.61 bits per heavy atom. The average Bonchev–Trinajstić information content (AvgIpc) is 2.23. The molecule has 1 aliphatic rings. The van der Waals surface area contributed by atoms with Crippen LogP contribution in [0.25, 0.3) is 0 Å². The molecular weight excluding hydrogens is 243 g/mol. The van der Waals surface area contributed by atoms with Gasteiger partial charge in [-0.25, -0.2) is 0 Å². The van der Waals surface area contributed by atoms with Crippen molar-refractivity contribution in [1.82, 2.24) is 9.80 Å². The monoisotopic (exact) mass is 263 g/mol. The maximum absolute atomic E-state index is 12.5. The predicted octanol–water partition coefficient (Wildman–Crippen LogP) is 2.10. The van der Waals surface area contributed by atoms with Gasteiger partial charge in [-0.15, -0.1) is 0 Å². The van der Waals surface area contributed by atoms with Crippen LogP contribution in [0.3, 0.4) is 0 Å². The van der Waals surface area contributed by atoms with E-state index >= 15 is 0 Å². The van der Waals surface area contributed by atoms with Gasteiger partial charge in [-0.1, -0.05) is 0 Å². The highest BCUT2D eigenvalue weighted by atomic mass is 19.4. The number of halogens is 3. The number of nitriles is 1. The first-order valence-electron chi connectivity index (χ1n) is 6.08. The third-order valence-corrected chi connectivity index (χ3v) is 3.31. The van der Waals surface area contributed by atoms with E-state index in [2.05, 4.69) is 25.7 Å². The Kier molecular flexibility index (Phi) is 4.62. The number of nitrogens with zero attached hydrogens (tertiary/aromatic N) is 3. The van der Waals surface area contributed by atoms with Crippen LogP contribution in [0.4, 0.5) is 13.2 Å². The Labute approximate surface area is 106 Å². The summed E-state index contributed by atoms with van der Waals surface area (Å²) in [5.74, 6) is -1.88. The predicted molar refractivity (Wildman–Crippen MR) is 62.9 cm³/mol. The second-order valence-electron chi connectivity index (χ2n) is 5.68. The van der Waals surface area contributed by atoms with Gasteiger partial charge in [0.25, 0.3) is 0 Å². The fourth-order valence-electron chi connectivity index (χ4n) is 2.08. The standard InChI is InChI=1S/C12H20F3N3/c1-11(2,3)18-6-4-17(5-7-18)9-10(8-16)12(13,14)15/h10H,4-7,9H2,1-3H3. The maximum Gasteiger partial charge on any atom is 0.405 e. The van der Waals surface area contributed by atoms with Crippen LogP contribution in [0.1, 0.15) is 20.8 Å². The molecule has 0 aliphatic carbocycles. The van der Waals surface area contributed by atoms with Crippen molar-refractivity contribution in [1.29, 1.82) is 5.26 Å². The molecule has 0 radical (unpaired) electrons. The Balaban J connectivity index is 2.47. The summed E-state index contributed by atoms with van der Waals surface area (Å²) >= 11 is 0. The minimum Gasteiger partial charge on any atom is -0.299 e. The number of hydrogen-bond donors (Lipinski definition) is 0. The van der Waals surface area contributed by atoms with Crippen molar-refractivity contribution < 1.29 is 13.2 Å². The number of rotatable bonds is 2. The Morgan fingerprint density at radius 3 is 1.94 bits per heavy atom. The molecule has 1 unspecified atom stereocenters. The van der Waals surface area contributed by atoms with E-state index in [0.29, 0.717) is 13.1 Å². The number of piperazine rings is 1. The van der Waals surface area contributed by atoms with Crippen LogP contribution in [0.15, 0.2) is 0 Å². The molecule has 0 aromatic rings. The third kappa shape index (κ3) is 4.14. The molecule has 0 aromatic carbocycles. The van der Waals surface area contributed by atoms with E-state index in [0.717, 1.165) is 13.1 Å². The second-order valence-corrected chi connectivity index (χ2v) is 5.68. The summed E-state index contributed by atoms with van der Waals surface area (Å²) < 4.78 is 37.4. The second kappa shape index (κ2) is 5.45. The Morgan fingerprint density at radius 1 is 1.11 bits per heavy atom. The van der Waals surface area contributed by atoms with Crippen LogP contribution in [-0.4, -0.2) is 54.2 Å². The van der Waals surface area contributed by atoms with Crippen molar-refractivity contribution in [2.75, 3.05) is 32.7 Å². The van der Waals surface area contributed by atoms with Crippen LogP contribution in [-0.2, 0) is 0 Å². The zero-order valence-electron chi connectivity index (χ0n) is 11.1. The lowest BCUT2D eigenvalue weighted by molar-refractivity contribution is -0.164.